The molecule has 5 rings (SSSR count). The fourth-order valence-corrected chi connectivity index (χ4v) is 8.73. The Balaban J connectivity index is 1.35. The molecule has 4 aliphatic rings. The molecule has 0 spiro atoms. The Morgan fingerprint density at radius 1 is 0.815 bits per heavy atom. The summed E-state index contributed by atoms with van der Waals surface area (Å²) >= 11 is 0. The molecule has 0 N–H and O–H groups in total. The lowest BCUT2D eigenvalue weighted by Crippen LogP contribution is -2.50. The van der Waals surface area contributed by atoms with Crippen LogP contribution in [-0.2, 0) is 0 Å². The highest BCUT2D eigenvalue weighted by atomic mass is 14.6. The van der Waals surface area contributed by atoms with E-state index in [1.807, 2.05) is 0 Å². The summed E-state index contributed by atoms with van der Waals surface area (Å²) < 4.78 is 0. The summed E-state index contributed by atoms with van der Waals surface area (Å²) in [5.74, 6) is 6.96. The normalized spacial score (nSPS) is 44.9. The number of hydrogen-bond donors (Lipinski definition) is 0. The van der Waals surface area contributed by atoms with E-state index in [-0.39, 0.29) is 0 Å². The van der Waals surface area contributed by atoms with Crippen molar-refractivity contribution in [2.75, 3.05) is 0 Å². The zero-order chi connectivity index (χ0) is 18.6. The molecule has 0 heteroatoms. The van der Waals surface area contributed by atoms with Gasteiger partial charge < -0.3 is 0 Å². The van der Waals surface area contributed by atoms with Crippen molar-refractivity contribution >= 4 is 0 Å². The van der Waals surface area contributed by atoms with Crippen LogP contribution in [0.15, 0.2) is 24.3 Å². The van der Waals surface area contributed by atoms with Gasteiger partial charge in [-0.1, -0.05) is 56.5 Å². The minimum atomic E-state index is 0.701. The van der Waals surface area contributed by atoms with Crippen molar-refractivity contribution in [1.29, 1.82) is 0 Å². The average Bonchev–Trinajstić information content (AvgIpc) is 3.12. The van der Waals surface area contributed by atoms with Gasteiger partial charge in [-0.3, -0.25) is 0 Å². The molecular weight excluding hydrogens is 324 g/mol. The third-order valence-electron chi connectivity index (χ3n) is 10.2. The van der Waals surface area contributed by atoms with Crippen molar-refractivity contribution in [3.8, 4) is 0 Å². The maximum absolute atomic E-state index is 2.72. The number of benzene rings is 1. The first-order valence-corrected chi connectivity index (χ1v) is 12.1. The molecule has 4 fully saturated rings. The Labute approximate surface area is 167 Å². The van der Waals surface area contributed by atoms with Crippen molar-refractivity contribution < 1.29 is 0 Å². The van der Waals surface area contributed by atoms with Gasteiger partial charge in [-0.05, 0) is 111 Å². The van der Waals surface area contributed by atoms with Gasteiger partial charge >= 0.3 is 0 Å². The van der Waals surface area contributed by atoms with E-state index in [2.05, 4.69) is 45.0 Å². The van der Waals surface area contributed by atoms with Gasteiger partial charge in [0.15, 0.2) is 0 Å². The Bertz CT molecular complexity index is 657. The Morgan fingerprint density at radius 3 is 2.37 bits per heavy atom. The van der Waals surface area contributed by atoms with Crippen LogP contribution in [0.2, 0.25) is 0 Å². The molecule has 0 radical (unpaired) electrons. The lowest BCUT2D eigenvalue weighted by Gasteiger charge is -2.58. The van der Waals surface area contributed by atoms with Crippen molar-refractivity contribution in [1.82, 2.24) is 0 Å². The fraction of sp³-hybridized carbons (Fsp3) is 0.778. The van der Waals surface area contributed by atoms with Crippen LogP contribution in [0.25, 0.3) is 0 Å². The standard InChI is InChI=1S/C27H40/c1-18-7-9-20(10-8-18)19(2)22-13-14-24-23(22)15-16-26-25(24)12-11-21-6-4-5-17-27(21,26)3/h7-10,19,21-26H,4-6,11-17H2,1-3H3. The molecule has 0 bridgehead atoms. The number of rotatable bonds is 2. The van der Waals surface area contributed by atoms with Crippen molar-refractivity contribution in [3.63, 3.8) is 0 Å². The first-order chi connectivity index (χ1) is 13.1. The summed E-state index contributed by atoms with van der Waals surface area (Å²) in [5.41, 5.74) is 3.69. The van der Waals surface area contributed by atoms with Crippen LogP contribution in [-0.4, -0.2) is 0 Å². The second kappa shape index (κ2) is 6.93. The molecule has 0 saturated heterocycles. The fourth-order valence-electron chi connectivity index (χ4n) is 8.73. The average molecular weight is 365 g/mol. The van der Waals surface area contributed by atoms with Crippen LogP contribution >= 0.6 is 0 Å². The molecule has 4 saturated carbocycles. The SMILES string of the molecule is Cc1ccc(C(C)C2CCC3C2CCC2C3CCC3CCCCC32C)cc1. The number of fused-ring (bicyclic) bond motifs is 5. The van der Waals surface area contributed by atoms with Gasteiger partial charge in [-0.15, -0.1) is 0 Å². The van der Waals surface area contributed by atoms with Gasteiger partial charge in [-0.25, -0.2) is 0 Å². The lowest BCUT2D eigenvalue weighted by atomic mass is 9.47. The van der Waals surface area contributed by atoms with Crippen molar-refractivity contribution in [2.24, 2.45) is 40.9 Å². The lowest BCUT2D eigenvalue weighted by molar-refractivity contribution is -0.0875. The van der Waals surface area contributed by atoms with Gasteiger partial charge in [0.2, 0.25) is 0 Å². The van der Waals surface area contributed by atoms with Gasteiger partial charge in [0.05, 0.1) is 0 Å². The van der Waals surface area contributed by atoms with Gasteiger partial charge in [0, 0.05) is 0 Å². The molecule has 8 unspecified atom stereocenters. The molecular formula is C27H40. The molecule has 8 atom stereocenters. The van der Waals surface area contributed by atoms with E-state index in [9.17, 15) is 0 Å². The van der Waals surface area contributed by atoms with Crippen LogP contribution < -0.4 is 0 Å². The monoisotopic (exact) mass is 364 g/mol. The molecule has 0 amide bonds. The molecule has 0 aliphatic heterocycles. The van der Waals surface area contributed by atoms with Gasteiger partial charge in [0.1, 0.15) is 0 Å². The minimum Gasteiger partial charge on any atom is -0.0591 e. The summed E-state index contributed by atoms with van der Waals surface area (Å²) in [5, 5.41) is 0. The maximum Gasteiger partial charge on any atom is -0.0159 e. The van der Waals surface area contributed by atoms with E-state index in [0.717, 1.165) is 41.4 Å². The van der Waals surface area contributed by atoms with Gasteiger partial charge in [-0.2, -0.15) is 0 Å². The zero-order valence-corrected chi connectivity index (χ0v) is 17.9. The summed E-state index contributed by atoms with van der Waals surface area (Å²) in [7, 11) is 0. The van der Waals surface area contributed by atoms with Crippen LogP contribution in [0.1, 0.15) is 95.1 Å². The molecule has 1 aromatic carbocycles. The van der Waals surface area contributed by atoms with E-state index in [0.29, 0.717) is 5.41 Å². The summed E-state index contributed by atoms with van der Waals surface area (Å²) in [6, 6.07) is 9.46. The van der Waals surface area contributed by atoms with Crippen molar-refractivity contribution in [2.45, 2.75) is 90.9 Å². The van der Waals surface area contributed by atoms with Crippen LogP contribution in [0.3, 0.4) is 0 Å². The molecule has 1 aromatic rings. The highest BCUT2D eigenvalue weighted by molar-refractivity contribution is 5.25. The summed E-state index contributed by atoms with van der Waals surface area (Å²) in [6.45, 7) is 7.46. The smallest absolute Gasteiger partial charge is 0.0159 e. The van der Waals surface area contributed by atoms with Crippen LogP contribution in [0.4, 0.5) is 0 Å². The van der Waals surface area contributed by atoms with Crippen LogP contribution in [0, 0.1) is 47.8 Å². The summed E-state index contributed by atoms with van der Waals surface area (Å²) in [6.07, 6.45) is 15.3. The molecule has 27 heavy (non-hydrogen) atoms. The second-order valence-corrected chi connectivity index (χ2v) is 11.1. The highest BCUT2D eigenvalue weighted by Crippen LogP contribution is 2.64. The predicted octanol–water partition coefficient (Wildman–Crippen LogP) is 7.76. The highest BCUT2D eigenvalue weighted by Gasteiger charge is 2.55. The first kappa shape index (κ1) is 18.3. The maximum atomic E-state index is 2.72. The van der Waals surface area contributed by atoms with Crippen molar-refractivity contribution in [3.05, 3.63) is 35.4 Å². The van der Waals surface area contributed by atoms with E-state index >= 15 is 0 Å². The topological polar surface area (TPSA) is 0 Å². The minimum absolute atomic E-state index is 0.701. The molecule has 148 valence electrons. The predicted molar refractivity (Wildman–Crippen MR) is 115 cm³/mol. The third-order valence-corrected chi connectivity index (χ3v) is 10.2. The van der Waals surface area contributed by atoms with Crippen LogP contribution in [0.5, 0.6) is 0 Å². The molecule has 0 heterocycles. The van der Waals surface area contributed by atoms with E-state index < -0.39 is 0 Å². The Kier molecular flexibility index (Phi) is 4.68. The number of aryl methyl sites for hydroxylation is 1. The van der Waals surface area contributed by atoms with E-state index in [4.69, 9.17) is 0 Å². The zero-order valence-electron chi connectivity index (χ0n) is 17.9. The van der Waals surface area contributed by atoms with Gasteiger partial charge in [0.25, 0.3) is 0 Å². The Hall–Kier alpha value is -0.780. The quantitative estimate of drug-likeness (QED) is 0.503. The molecule has 0 nitrogen and oxygen atoms in total. The van der Waals surface area contributed by atoms with E-state index in [1.165, 1.54) is 37.7 Å². The number of hydrogen-bond acceptors (Lipinski definition) is 0. The summed E-state index contributed by atoms with van der Waals surface area (Å²) in [4.78, 5) is 0. The molecule has 4 aliphatic carbocycles. The molecule has 0 aromatic heterocycles. The van der Waals surface area contributed by atoms with E-state index in [1.54, 1.807) is 37.7 Å². The first-order valence-electron chi connectivity index (χ1n) is 12.1. The largest absolute Gasteiger partial charge is 0.0591 e. The Morgan fingerprint density at radius 2 is 1.56 bits per heavy atom. The third kappa shape index (κ3) is 2.92. The second-order valence-electron chi connectivity index (χ2n) is 11.1.